The van der Waals surface area contributed by atoms with E-state index in [-0.39, 0.29) is 0 Å². The van der Waals surface area contributed by atoms with Crippen molar-refractivity contribution in [2.24, 2.45) is 0 Å². The second-order valence-corrected chi connectivity index (χ2v) is 19.4. The molecule has 3 aromatic rings. The van der Waals surface area contributed by atoms with Gasteiger partial charge in [0.1, 0.15) is 0 Å². The predicted molar refractivity (Wildman–Crippen MR) is 256 cm³/mol. The number of nitrogens with zero attached hydrogens (tertiary/aromatic N) is 1. The number of aryl methyl sites for hydroxylation is 1. The van der Waals surface area contributed by atoms with Gasteiger partial charge < -0.3 is 4.57 Å². The lowest BCUT2D eigenvalue weighted by Gasteiger charge is -2.08. The molecule has 0 N–H and O–H groups in total. The Morgan fingerprint density at radius 2 is 0.527 bits per heavy atom. The fourth-order valence-electron chi connectivity index (χ4n) is 8.99. The van der Waals surface area contributed by atoms with Gasteiger partial charge in [-0.1, -0.05) is 288 Å². The van der Waals surface area contributed by atoms with Crippen LogP contribution in [0.3, 0.4) is 0 Å². The normalized spacial score (nSPS) is 11.8. The first kappa shape index (κ1) is 48.6. The van der Waals surface area contributed by atoms with Crippen LogP contribution in [0.1, 0.15) is 251 Å². The van der Waals surface area contributed by atoms with Gasteiger partial charge in [-0.25, -0.2) is 0 Å². The molecule has 0 saturated heterocycles. The maximum atomic E-state index is 3.69. The molecule has 0 saturated carbocycles. The first-order valence-electron chi connectivity index (χ1n) is 24.6. The third kappa shape index (κ3) is 23.4. The Bertz CT molecular complexity index is 1250. The van der Waals surface area contributed by atoms with Crippen LogP contribution in [0.15, 0.2) is 45.3 Å². The summed E-state index contributed by atoms with van der Waals surface area (Å²) in [5.41, 5.74) is 2.70. The SMILES string of the molecule is CCCCCCCCCCCCCCCCCCCCCCCCCCCCCCCCCCCCCCCCn1c2cc(Br)ccc2c2ccc(Br)cc21. The van der Waals surface area contributed by atoms with Crippen LogP contribution in [0.5, 0.6) is 0 Å². The highest BCUT2D eigenvalue weighted by Crippen LogP contribution is 2.33. The van der Waals surface area contributed by atoms with E-state index in [2.05, 4.69) is 79.7 Å². The van der Waals surface area contributed by atoms with Crippen LogP contribution in [0, 0.1) is 0 Å². The van der Waals surface area contributed by atoms with Gasteiger partial charge in [-0.15, -0.1) is 0 Å². The van der Waals surface area contributed by atoms with E-state index in [1.54, 1.807) is 0 Å². The summed E-state index contributed by atoms with van der Waals surface area (Å²) in [6.45, 7) is 3.41. The van der Waals surface area contributed by atoms with Gasteiger partial charge in [0.25, 0.3) is 0 Å². The summed E-state index contributed by atoms with van der Waals surface area (Å²) in [5, 5.41) is 2.73. The van der Waals surface area contributed by atoms with E-state index in [9.17, 15) is 0 Å². The molecule has 0 aliphatic carbocycles. The minimum Gasteiger partial charge on any atom is -0.340 e. The molecule has 0 aliphatic rings. The lowest BCUT2D eigenvalue weighted by Crippen LogP contribution is -1.98. The van der Waals surface area contributed by atoms with Crippen molar-refractivity contribution in [1.82, 2.24) is 4.57 Å². The van der Waals surface area contributed by atoms with Gasteiger partial charge >= 0.3 is 0 Å². The van der Waals surface area contributed by atoms with Crippen LogP contribution in [0.4, 0.5) is 0 Å². The van der Waals surface area contributed by atoms with Crippen molar-refractivity contribution < 1.29 is 0 Å². The second-order valence-electron chi connectivity index (χ2n) is 17.6. The molecule has 55 heavy (non-hydrogen) atoms. The molecule has 2 aromatic carbocycles. The number of benzene rings is 2. The molecular weight excluding hydrogens is 798 g/mol. The zero-order chi connectivity index (χ0) is 38.9. The van der Waals surface area contributed by atoms with Crippen LogP contribution in [-0.2, 0) is 6.54 Å². The molecule has 3 heteroatoms. The Morgan fingerprint density at radius 3 is 0.764 bits per heavy atom. The summed E-state index contributed by atoms with van der Waals surface area (Å²) in [7, 11) is 0. The zero-order valence-electron chi connectivity index (χ0n) is 36.2. The number of hydrogen-bond acceptors (Lipinski definition) is 0. The van der Waals surface area contributed by atoms with Gasteiger partial charge in [-0.3, -0.25) is 0 Å². The van der Waals surface area contributed by atoms with E-state index in [4.69, 9.17) is 0 Å². The van der Waals surface area contributed by atoms with E-state index >= 15 is 0 Å². The molecule has 1 nitrogen and oxygen atoms in total. The largest absolute Gasteiger partial charge is 0.340 e. The number of fused-ring (bicyclic) bond motifs is 3. The Hall–Kier alpha value is -0.800. The van der Waals surface area contributed by atoms with E-state index in [1.165, 1.54) is 266 Å². The van der Waals surface area contributed by atoms with Crippen LogP contribution in [0.25, 0.3) is 21.8 Å². The topological polar surface area (TPSA) is 4.93 Å². The molecule has 0 radical (unpaired) electrons. The minimum atomic E-state index is 1.10. The summed E-state index contributed by atoms with van der Waals surface area (Å²) >= 11 is 7.39. The summed E-state index contributed by atoms with van der Waals surface area (Å²) in [5.74, 6) is 0. The van der Waals surface area contributed by atoms with Gasteiger partial charge in [0.2, 0.25) is 0 Å². The van der Waals surface area contributed by atoms with Crippen molar-refractivity contribution in [3.05, 3.63) is 45.3 Å². The van der Waals surface area contributed by atoms with Crippen molar-refractivity contribution in [2.45, 2.75) is 257 Å². The standard InChI is InChI=1S/C52H87Br2N/c1-2-3-4-5-6-7-8-9-10-11-12-13-14-15-16-17-18-19-20-21-22-23-24-25-26-27-28-29-30-31-32-33-34-35-36-37-38-39-44-55-51-45-47(53)40-42-49(51)50-43-41-48(54)46-52(50)55/h40-43,45-46H,2-39,44H2,1H3. The van der Waals surface area contributed by atoms with Crippen molar-refractivity contribution in [1.29, 1.82) is 0 Å². The molecule has 0 bridgehead atoms. The lowest BCUT2D eigenvalue weighted by molar-refractivity contribution is 0.509. The Morgan fingerprint density at radius 1 is 0.309 bits per heavy atom. The highest BCUT2D eigenvalue weighted by molar-refractivity contribution is 9.10. The van der Waals surface area contributed by atoms with E-state index < -0.39 is 0 Å². The average molecular weight is 886 g/mol. The van der Waals surface area contributed by atoms with Gasteiger partial charge in [0, 0.05) is 26.3 Å². The van der Waals surface area contributed by atoms with E-state index in [0.29, 0.717) is 0 Å². The molecule has 0 amide bonds. The molecule has 314 valence electrons. The number of aromatic nitrogens is 1. The zero-order valence-corrected chi connectivity index (χ0v) is 39.4. The maximum Gasteiger partial charge on any atom is 0.0502 e. The second kappa shape index (κ2) is 34.1. The van der Waals surface area contributed by atoms with Gasteiger partial charge in [0.05, 0.1) is 11.0 Å². The molecule has 0 atom stereocenters. The summed E-state index contributed by atoms with van der Waals surface area (Å²) < 4.78 is 4.86. The number of hydrogen-bond donors (Lipinski definition) is 0. The van der Waals surface area contributed by atoms with Gasteiger partial charge in [0.15, 0.2) is 0 Å². The summed E-state index contributed by atoms with van der Waals surface area (Å²) in [6.07, 6.45) is 55.5. The molecule has 0 aliphatic heterocycles. The van der Waals surface area contributed by atoms with Crippen LogP contribution >= 0.6 is 31.9 Å². The van der Waals surface area contributed by atoms with Crippen LogP contribution in [-0.4, -0.2) is 4.57 Å². The van der Waals surface area contributed by atoms with Crippen molar-refractivity contribution in [2.75, 3.05) is 0 Å². The fourth-order valence-corrected chi connectivity index (χ4v) is 9.69. The highest BCUT2D eigenvalue weighted by atomic mass is 79.9. The molecular formula is C52H87Br2N. The molecule has 1 heterocycles. The number of rotatable bonds is 39. The first-order valence-corrected chi connectivity index (χ1v) is 26.2. The van der Waals surface area contributed by atoms with Crippen molar-refractivity contribution in [3.8, 4) is 0 Å². The molecule has 3 rings (SSSR count). The molecule has 1 aromatic heterocycles. The smallest absolute Gasteiger partial charge is 0.0502 e. The van der Waals surface area contributed by atoms with E-state index in [1.807, 2.05) is 0 Å². The molecule has 0 unspecified atom stereocenters. The Labute approximate surface area is 359 Å². The van der Waals surface area contributed by atoms with Gasteiger partial charge in [-0.2, -0.15) is 0 Å². The van der Waals surface area contributed by atoms with Crippen LogP contribution < -0.4 is 0 Å². The molecule has 0 fully saturated rings. The first-order chi connectivity index (χ1) is 27.2. The predicted octanol–water partition coefficient (Wildman–Crippen LogP) is 20.2. The quantitative estimate of drug-likeness (QED) is 0.0503. The number of halogens is 2. The third-order valence-electron chi connectivity index (χ3n) is 12.5. The van der Waals surface area contributed by atoms with Gasteiger partial charge in [-0.05, 0) is 30.7 Å². The van der Waals surface area contributed by atoms with Crippen LogP contribution in [0.2, 0.25) is 0 Å². The summed E-state index contributed by atoms with van der Waals surface area (Å²) in [4.78, 5) is 0. The van der Waals surface area contributed by atoms with E-state index in [0.717, 1.165) is 15.5 Å². The minimum absolute atomic E-state index is 1.10. The number of unbranched alkanes of at least 4 members (excludes halogenated alkanes) is 37. The third-order valence-corrected chi connectivity index (χ3v) is 13.5. The van der Waals surface area contributed by atoms with Crippen molar-refractivity contribution >= 4 is 53.7 Å². The average Bonchev–Trinajstić information content (AvgIpc) is 3.48. The fraction of sp³-hybridized carbons (Fsp3) is 0.769. The highest BCUT2D eigenvalue weighted by Gasteiger charge is 2.11. The Balaban J connectivity index is 0.960. The Kier molecular flexibility index (Phi) is 30.1. The maximum absolute atomic E-state index is 3.69. The monoisotopic (exact) mass is 884 g/mol. The van der Waals surface area contributed by atoms with Crippen molar-refractivity contribution in [3.63, 3.8) is 0 Å². The molecule has 0 spiro atoms. The lowest BCUT2D eigenvalue weighted by atomic mass is 10.0. The summed E-state index contributed by atoms with van der Waals surface area (Å²) in [6, 6.07) is 13.4.